The van der Waals surface area contributed by atoms with Gasteiger partial charge in [-0.1, -0.05) is 18.2 Å². The molecular formula is C13H15N3O4. The van der Waals surface area contributed by atoms with Crippen LogP contribution in [0.3, 0.4) is 0 Å². The maximum atomic E-state index is 12.2. The monoisotopic (exact) mass is 277 g/mol. The number of carbonyl (C=O) groups excluding carboxylic acids is 2. The smallest absolute Gasteiger partial charge is 0.265 e. The number of amides is 2. The summed E-state index contributed by atoms with van der Waals surface area (Å²) in [5, 5.41) is 20.8. The molecule has 20 heavy (non-hydrogen) atoms. The second-order valence-electron chi connectivity index (χ2n) is 4.96. The second kappa shape index (κ2) is 4.46. The summed E-state index contributed by atoms with van der Waals surface area (Å²) >= 11 is 0. The largest absolute Gasteiger partial charge is 0.386 e. The van der Waals surface area contributed by atoms with E-state index in [9.17, 15) is 19.8 Å². The van der Waals surface area contributed by atoms with Crippen LogP contribution in [0.1, 0.15) is 6.92 Å². The van der Waals surface area contributed by atoms with Gasteiger partial charge in [0.1, 0.15) is 12.1 Å². The van der Waals surface area contributed by atoms with Gasteiger partial charge in [0.15, 0.2) is 12.3 Å². The maximum absolute atomic E-state index is 12.2. The number of nitrogens with one attached hydrogen (secondary N) is 1. The van der Waals surface area contributed by atoms with Gasteiger partial charge in [0.2, 0.25) is 0 Å². The van der Waals surface area contributed by atoms with E-state index in [1.807, 2.05) is 6.07 Å². The van der Waals surface area contributed by atoms with Gasteiger partial charge in [-0.3, -0.25) is 15.0 Å². The molecule has 2 saturated heterocycles. The molecule has 0 aromatic heterocycles. The first kappa shape index (κ1) is 12.9. The van der Waals surface area contributed by atoms with Crippen molar-refractivity contribution < 1.29 is 19.8 Å². The molecule has 0 saturated carbocycles. The lowest BCUT2D eigenvalue weighted by molar-refractivity contribution is -0.140. The van der Waals surface area contributed by atoms with E-state index in [1.54, 1.807) is 31.2 Å². The lowest BCUT2D eigenvalue weighted by Crippen LogP contribution is -2.47. The first-order valence-corrected chi connectivity index (χ1v) is 6.35. The zero-order chi connectivity index (χ0) is 14.4. The minimum absolute atomic E-state index is 0.321. The molecule has 2 aliphatic heterocycles. The highest BCUT2D eigenvalue weighted by molar-refractivity contribution is 5.95. The molecule has 0 bridgehead atoms. The second-order valence-corrected chi connectivity index (χ2v) is 4.96. The molecule has 2 amide bonds. The van der Waals surface area contributed by atoms with Crippen LogP contribution in [0.4, 0.5) is 5.69 Å². The number of rotatable bonds is 2. The van der Waals surface area contributed by atoms with Crippen LogP contribution in [-0.4, -0.2) is 56.4 Å². The topological polar surface area (TPSA) is 93.1 Å². The number of aliphatic hydroxyl groups is 2. The number of aliphatic hydroxyl groups excluding tert-OH is 2. The van der Waals surface area contributed by atoms with Crippen molar-refractivity contribution in [3.8, 4) is 0 Å². The van der Waals surface area contributed by atoms with E-state index in [2.05, 4.69) is 5.43 Å². The van der Waals surface area contributed by atoms with E-state index >= 15 is 0 Å². The summed E-state index contributed by atoms with van der Waals surface area (Å²) in [6, 6.07) is 8.25. The van der Waals surface area contributed by atoms with Crippen LogP contribution in [-0.2, 0) is 9.59 Å². The fraction of sp³-hybridized carbons (Fsp3) is 0.385. The third-order valence-electron chi connectivity index (χ3n) is 3.72. The quantitative estimate of drug-likeness (QED) is 0.654. The number of hydrazine groups is 1. The van der Waals surface area contributed by atoms with Crippen molar-refractivity contribution in [3.63, 3.8) is 0 Å². The van der Waals surface area contributed by atoms with Gasteiger partial charge >= 0.3 is 0 Å². The van der Waals surface area contributed by atoms with Crippen molar-refractivity contribution >= 4 is 17.5 Å². The van der Waals surface area contributed by atoms with Gasteiger partial charge in [-0.15, -0.1) is 0 Å². The van der Waals surface area contributed by atoms with Gasteiger partial charge in [0, 0.05) is 0 Å². The standard InChI is InChI=1S/C13H15N3O4/c1-7-12(19)16(14-8-5-3-2-4-6-8)11-9(17)10(18)13(20)15(7)11/h2-7,9-11,14,17-18H,1H3/t7-,9-,10+,11-/m0/s1. The molecular weight excluding hydrogens is 262 g/mol. The van der Waals surface area contributed by atoms with Gasteiger partial charge in [-0.2, -0.15) is 0 Å². The molecule has 2 aliphatic rings. The normalized spacial score (nSPS) is 32.8. The summed E-state index contributed by atoms with van der Waals surface area (Å²) in [6.07, 6.45) is -3.71. The molecule has 1 aromatic rings. The van der Waals surface area contributed by atoms with Crippen molar-refractivity contribution in [1.82, 2.24) is 9.91 Å². The molecule has 0 radical (unpaired) electrons. The predicted molar refractivity (Wildman–Crippen MR) is 69.0 cm³/mol. The van der Waals surface area contributed by atoms with Crippen molar-refractivity contribution in [3.05, 3.63) is 30.3 Å². The number of anilines is 1. The van der Waals surface area contributed by atoms with E-state index in [0.717, 1.165) is 0 Å². The Labute approximate surface area is 115 Å². The SMILES string of the molecule is C[C@H]1C(=O)N(Nc2ccccc2)[C@H]2[C@@H](O)[C@@H](O)C(=O)N21. The van der Waals surface area contributed by atoms with Crippen LogP contribution in [0, 0.1) is 0 Å². The predicted octanol–water partition coefficient (Wildman–Crippen LogP) is -0.866. The van der Waals surface area contributed by atoms with Gasteiger partial charge in [0.05, 0.1) is 5.69 Å². The summed E-state index contributed by atoms with van der Waals surface area (Å²) < 4.78 is 0. The maximum Gasteiger partial charge on any atom is 0.265 e. The van der Waals surface area contributed by atoms with Gasteiger partial charge in [0.25, 0.3) is 11.8 Å². The van der Waals surface area contributed by atoms with Gasteiger partial charge < -0.3 is 15.1 Å². The Morgan fingerprint density at radius 3 is 2.40 bits per heavy atom. The Kier molecular flexibility index (Phi) is 2.88. The number of hydrogen-bond acceptors (Lipinski definition) is 5. The van der Waals surface area contributed by atoms with Crippen molar-refractivity contribution in [1.29, 1.82) is 0 Å². The summed E-state index contributed by atoms with van der Waals surface area (Å²) in [4.78, 5) is 25.3. The van der Waals surface area contributed by atoms with E-state index in [4.69, 9.17) is 0 Å². The van der Waals surface area contributed by atoms with Crippen molar-refractivity contribution in [2.45, 2.75) is 31.3 Å². The van der Waals surface area contributed by atoms with Gasteiger partial charge in [-0.25, -0.2) is 5.01 Å². The summed E-state index contributed by atoms with van der Waals surface area (Å²) in [7, 11) is 0. The molecule has 2 fully saturated rings. The van der Waals surface area contributed by atoms with Crippen LogP contribution in [0.15, 0.2) is 30.3 Å². The molecule has 7 nitrogen and oxygen atoms in total. The number of carbonyl (C=O) groups is 2. The molecule has 0 spiro atoms. The highest BCUT2D eigenvalue weighted by Crippen LogP contribution is 2.32. The Balaban J connectivity index is 1.91. The van der Waals surface area contributed by atoms with Crippen molar-refractivity contribution in [2.75, 3.05) is 5.43 Å². The molecule has 106 valence electrons. The molecule has 3 rings (SSSR count). The summed E-state index contributed by atoms with van der Waals surface area (Å²) in [5.74, 6) is -0.945. The minimum atomic E-state index is -1.49. The fourth-order valence-electron chi connectivity index (χ4n) is 2.68. The van der Waals surface area contributed by atoms with Crippen molar-refractivity contribution in [2.24, 2.45) is 0 Å². The Morgan fingerprint density at radius 1 is 1.10 bits per heavy atom. The minimum Gasteiger partial charge on any atom is -0.386 e. The summed E-state index contributed by atoms with van der Waals surface area (Å²) in [6.45, 7) is 1.57. The third kappa shape index (κ3) is 1.67. The number of fused-ring (bicyclic) bond motifs is 1. The van der Waals surface area contributed by atoms with Crippen LogP contribution in [0.25, 0.3) is 0 Å². The van der Waals surface area contributed by atoms with E-state index in [0.29, 0.717) is 5.69 Å². The molecule has 7 heteroatoms. The zero-order valence-corrected chi connectivity index (χ0v) is 10.8. The molecule has 0 unspecified atom stereocenters. The number of hydrogen-bond donors (Lipinski definition) is 3. The number of para-hydroxylation sites is 1. The average molecular weight is 277 g/mol. The summed E-state index contributed by atoms with van der Waals surface area (Å²) in [5.41, 5.74) is 3.55. The third-order valence-corrected chi connectivity index (χ3v) is 3.72. The molecule has 2 heterocycles. The fourth-order valence-corrected chi connectivity index (χ4v) is 2.68. The highest BCUT2D eigenvalue weighted by Gasteiger charge is 2.59. The molecule has 3 N–H and O–H groups in total. The number of benzene rings is 1. The van der Waals surface area contributed by atoms with E-state index in [1.165, 1.54) is 9.91 Å². The Bertz CT molecular complexity index is 550. The Hall–Kier alpha value is -2.12. The van der Waals surface area contributed by atoms with E-state index in [-0.39, 0.29) is 5.91 Å². The lowest BCUT2D eigenvalue weighted by Gasteiger charge is -2.27. The first-order valence-electron chi connectivity index (χ1n) is 6.35. The average Bonchev–Trinajstić information content (AvgIpc) is 2.83. The lowest BCUT2D eigenvalue weighted by atomic mass is 10.2. The first-order chi connectivity index (χ1) is 9.52. The molecule has 0 aliphatic carbocycles. The Morgan fingerprint density at radius 2 is 1.75 bits per heavy atom. The zero-order valence-electron chi connectivity index (χ0n) is 10.8. The van der Waals surface area contributed by atoms with Crippen LogP contribution in [0.2, 0.25) is 0 Å². The highest BCUT2D eigenvalue weighted by atomic mass is 16.4. The number of nitrogens with zero attached hydrogens (tertiary/aromatic N) is 2. The molecule has 4 atom stereocenters. The van der Waals surface area contributed by atoms with Crippen LogP contribution < -0.4 is 5.43 Å². The van der Waals surface area contributed by atoms with Gasteiger partial charge in [-0.05, 0) is 19.1 Å². The van der Waals surface area contributed by atoms with Crippen LogP contribution >= 0.6 is 0 Å². The van der Waals surface area contributed by atoms with E-state index < -0.39 is 30.3 Å². The molecule has 1 aromatic carbocycles. The van der Waals surface area contributed by atoms with Crippen LogP contribution in [0.5, 0.6) is 0 Å².